The number of furan rings is 1. The number of benzene rings is 8. The van der Waals surface area contributed by atoms with E-state index in [2.05, 4.69) is 181 Å². The van der Waals surface area contributed by atoms with Crippen molar-refractivity contribution in [1.29, 1.82) is 0 Å². The third-order valence-corrected chi connectivity index (χ3v) is 9.26. The highest BCUT2D eigenvalue weighted by Crippen LogP contribution is 2.45. The van der Waals surface area contributed by atoms with Gasteiger partial charge in [-0.25, -0.2) is 0 Å². The second-order valence-electron chi connectivity index (χ2n) is 12.1. The van der Waals surface area contributed by atoms with Crippen LogP contribution >= 0.6 is 0 Å². The topological polar surface area (TPSA) is 16.4 Å². The lowest BCUT2D eigenvalue weighted by molar-refractivity contribution is 0.670. The van der Waals surface area contributed by atoms with Gasteiger partial charge in [0.2, 0.25) is 0 Å². The number of fused-ring (bicyclic) bond motifs is 4. The third-order valence-electron chi connectivity index (χ3n) is 9.26. The van der Waals surface area contributed by atoms with Crippen molar-refractivity contribution in [3.05, 3.63) is 188 Å². The molecule has 0 atom stereocenters. The lowest BCUT2D eigenvalue weighted by atomic mass is 9.94. The Morgan fingerprint density at radius 3 is 1.83 bits per heavy atom. The molecule has 0 amide bonds. The van der Waals surface area contributed by atoms with Gasteiger partial charge in [0.15, 0.2) is 0 Å². The highest BCUT2D eigenvalue weighted by Gasteiger charge is 2.20. The van der Waals surface area contributed by atoms with Crippen LogP contribution in [0.2, 0.25) is 0 Å². The zero-order chi connectivity index (χ0) is 31.9. The van der Waals surface area contributed by atoms with E-state index in [0.717, 1.165) is 55.7 Å². The SMILES string of the molecule is c1ccc(-c2ccc(-c3cccc4ccccc34)cc2N(c2ccccc2)c2cccc(-c3cccc4c3oc3ccccc34)c2)cc1. The van der Waals surface area contributed by atoms with Crippen LogP contribution in [-0.4, -0.2) is 0 Å². The first-order valence-electron chi connectivity index (χ1n) is 16.4. The smallest absolute Gasteiger partial charge is 0.143 e. The largest absolute Gasteiger partial charge is 0.455 e. The molecular weight excluding hydrogens is 583 g/mol. The lowest BCUT2D eigenvalue weighted by Gasteiger charge is -2.29. The predicted octanol–water partition coefficient (Wildman–Crippen LogP) is 13.2. The van der Waals surface area contributed by atoms with Crippen molar-refractivity contribution < 1.29 is 4.42 Å². The Morgan fingerprint density at radius 1 is 0.354 bits per heavy atom. The van der Waals surface area contributed by atoms with E-state index in [1.807, 2.05) is 12.1 Å². The molecule has 0 bridgehead atoms. The van der Waals surface area contributed by atoms with Crippen LogP contribution in [0.3, 0.4) is 0 Å². The summed E-state index contributed by atoms with van der Waals surface area (Å²) in [5.74, 6) is 0. The standard InChI is InChI=1S/C46H31NO/c1-3-14-33(15-4-1)40-29-28-35(39-24-12-17-32-16-7-8-22-38(32)39)31-44(40)47(36-19-5-2-6-20-36)37-21-11-18-34(30-37)41-25-13-26-43-42-23-9-10-27-45(42)48-46(41)43/h1-31H. The molecule has 0 saturated heterocycles. The molecule has 0 fully saturated rings. The highest BCUT2D eigenvalue weighted by molar-refractivity contribution is 6.09. The zero-order valence-corrected chi connectivity index (χ0v) is 26.3. The number of rotatable bonds is 6. The lowest BCUT2D eigenvalue weighted by Crippen LogP contribution is -2.11. The van der Waals surface area contributed by atoms with Crippen LogP contribution in [0.25, 0.3) is 66.1 Å². The van der Waals surface area contributed by atoms with E-state index in [4.69, 9.17) is 4.42 Å². The van der Waals surface area contributed by atoms with Gasteiger partial charge in [0.05, 0.1) is 5.69 Å². The molecule has 0 spiro atoms. The maximum atomic E-state index is 6.47. The summed E-state index contributed by atoms with van der Waals surface area (Å²) in [5, 5.41) is 4.73. The van der Waals surface area contributed by atoms with Gasteiger partial charge in [-0.05, 0) is 69.4 Å². The molecule has 0 aliphatic heterocycles. The summed E-state index contributed by atoms with van der Waals surface area (Å²) >= 11 is 0. The summed E-state index contributed by atoms with van der Waals surface area (Å²) in [4.78, 5) is 2.39. The van der Waals surface area contributed by atoms with Crippen molar-refractivity contribution in [3.8, 4) is 33.4 Å². The number of para-hydroxylation sites is 3. The molecule has 1 aromatic heterocycles. The monoisotopic (exact) mass is 613 g/mol. The minimum absolute atomic E-state index is 0.903. The molecule has 226 valence electrons. The van der Waals surface area contributed by atoms with Crippen molar-refractivity contribution >= 4 is 49.8 Å². The van der Waals surface area contributed by atoms with Crippen LogP contribution in [0.15, 0.2) is 192 Å². The molecule has 0 aliphatic rings. The number of nitrogens with zero attached hydrogens (tertiary/aromatic N) is 1. The van der Waals surface area contributed by atoms with Gasteiger partial charge in [-0.15, -0.1) is 0 Å². The third kappa shape index (κ3) is 4.83. The Labute approximate surface area is 279 Å². The van der Waals surface area contributed by atoms with Gasteiger partial charge in [-0.1, -0.05) is 152 Å². The van der Waals surface area contributed by atoms with Gasteiger partial charge >= 0.3 is 0 Å². The van der Waals surface area contributed by atoms with Crippen LogP contribution < -0.4 is 4.90 Å². The van der Waals surface area contributed by atoms with E-state index in [1.165, 1.54) is 27.5 Å². The molecule has 48 heavy (non-hydrogen) atoms. The van der Waals surface area contributed by atoms with E-state index in [-0.39, 0.29) is 0 Å². The average molecular weight is 614 g/mol. The molecule has 2 heteroatoms. The van der Waals surface area contributed by atoms with Crippen molar-refractivity contribution in [2.45, 2.75) is 0 Å². The Bertz CT molecular complexity index is 2560. The highest BCUT2D eigenvalue weighted by atomic mass is 16.3. The number of hydrogen-bond donors (Lipinski definition) is 0. The van der Waals surface area contributed by atoms with Crippen molar-refractivity contribution in [2.75, 3.05) is 4.90 Å². The Kier molecular flexibility index (Phi) is 6.84. The summed E-state index contributed by atoms with van der Waals surface area (Å²) in [6.45, 7) is 0. The summed E-state index contributed by atoms with van der Waals surface area (Å²) in [5.41, 5.74) is 12.0. The fourth-order valence-electron chi connectivity index (χ4n) is 7.01. The van der Waals surface area contributed by atoms with Crippen LogP contribution in [0.1, 0.15) is 0 Å². The molecule has 1 heterocycles. The van der Waals surface area contributed by atoms with E-state index in [1.54, 1.807) is 0 Å². The molecule has 9 aromatic rings. The second-order valence-corrected chi connectivity index (χ2v) is 12.1. The molecule has 9 rings (SSSR count). The normalized spacial score (nSPS) is 11.3. The van der Waals surface area contributed by atoms with Gasteiger partial charge in [-0.2, -0.15) is 0 Å². The Morgan fingerprint density at radius 2 is 0.958 bits per heavy atom. The van der Waals surface area contributed by atoms with Crippen LogP contribution in [0, 0.1) is 0 Å². The molecule has 8 aromatic carbocycles. The fourth-order valence-corrected chi connectivity index (χ4v) is 7.01. The molecule has 0 N–H and O–H groups in total. The van der Waals surface area contributed by atoms with Gasteiger partial charge < -0.3 is 9.32 Å². The van der Waals surface area contributed by atoms with E-state index in [9.17, 15) is 0 Å². The summed E-state index contributed by atoms with van der Waals surface area (Å²) in [7, 11) is 0. The van der Waals surface area contributed by atoms with E-state index in [0.29, 0.717) is 0 Å². The minimum Gasteiger partial charge on any atom is -0.455 e. The van der Waals surface area contributed by atoms with Gasteiger partial charge in [0, 0.05) is 33.3 Å². The molecule has 0 radical (unpaired) electrons. The predicted molar refractivity (Wildman–Crippen MR) is 202 cm³/mol. The van der Waals surface area contributed by atoms with E-state index < -0.39 is 0 Å². The fraction of sp³-hybridized carbons (Fsp3) is 0. The van der Waals surface area contributed by atoms with Crippen molar-refractivity contribution in [1.82, 2.24) is 0 Å². The van der Waals surface area contributed by atoms with Crippen molar-refractivity contribution in [2.24, 2.45) is 0 Å². The average Bonchev–Trinajstić information content (AvgIpc) is 3.55. The van der Waals surface area contributed by atoms with Crippen LogP contribution in [-0.2, 0) is 0 Å². The summed E-state index contributed by atoms with van der Waals surface area (Å²) in [6, 6.07) is 66.9. The van der Waals surface area contributed by atoms with E-state index >= 15 is 0 Å². The molecule has 0 aliphatic carbocycles. The Hall–Kier alpha value is -6.38. The molecule has 0 unspecified atom stereocenters. The van der Waals surface area contributed by atoms with Gasteiger partial charge in [0.1, 0.15) is 11.2 Å². The molecular formula is C46H31NO. The molecule has 2 nitrogen and oxygen atoms in total. The van der Waals surface area contributed by atoms with Gasteiger partial charge in [0.25, 0.3) is 0 Å². The first-order chi connectivity index (χ1) is 23.8. The number of hydrogen-bond acceptors (Lipinski definition) is 2. The number of anilines is 3. The quantitative estimate of drug-likeness (QED) is 0.185. The first-order valence-corrected chi connectivity index (χ1v) is 16.4. The summed E-state index contributed by atoms with van der Waals surface area (Å²) in [6.07, 6.45) is 0. The van der Waals surface area contributed by atoms with Crippen LogP contribution in [0.5, 0.6) is 0 Å². The van der Waals surface area contributed by atoms with Crippen LogP contribution in [0.4, 0.5) is 17.1 Å². The first kappa shape index (κ1) is 27.9. The van der Waals surface area contributed by atoms with Gasteiger partial charge in [-0.3, -0.25) is 0 Å². The molecule has 0 saturated carbocycles. The minimum atomic E-state index is 0.903. The maximum absolute atomic E-state index is 6.47. The zero-order valence-electron chi connectivity index (χ0n) is 26.3. The summed E-state index contributed by atoms with van der Waals surface area (Å²) < 4.78 is 6.47. The maximum Gasteiger partial charge on any atom is 0.143 e. The second kappa shape index (κ2) is 11.8. The Balaban J connectivity index is 1.28. The van der Waals surface area contributed by atoms with Crippen molar-refractivity contribution in [3.63, 3.8) is 0 Å².